The molecule has 0 saturated heterocycles. The van der Waals surface area contributed by atoms with Gasteiger partial charge in [0.2, 0.25) is 0 Å². The summed E-state index contributed by atoms with van der Waals surface area (Å²) in [5.41, 5.74) is 7.43. The Morgan fingerprint density at radius 2 is 2.16 bits per heavy atom. The van der Waals surface area contributed by atoms with Gasteiger partial charge in [0.15, 0.2) is 0 Å². The fourth-order valence-electron chi connectivity index (χ4n) is 1.88. The second-order valence-electron chi connectivity index (χ2n) is 4.47. The van der Waals surface area contributed by atoms with Gasteiger partial charge in [-0.25, -0.2) is 0 Å². The topological polar surface area (TPSA) is 35.2 Å². The molecule has 0 aliphatic rings. The van der Waals surface area contributed by atoms with E-state index in [9.17, 15) is 0 Å². The van der Waals surface area contributed by atoms with Crippen molar-refractivity contribution in [3.8, 4) is 5.75 Å². The van der Waals surface area contributed by atoms with Gasteiger partial charge in [0.25, 0.3) is 0 Å². The summed E-state index contributed by atoms with van der Waals surface area (Å²) >= 11 is 5.30. The van der Waals surface area contributed by atoms with E-state index in [0.29, 0.717) is 0 Å². The van der Waals surface area contributed by atoms with E-state index in [1.54, 1.807) is 11.3 Å². The standard InChI is InChI=1S/C15H18BrNOS/c1-3-7-18-12-6-4-5-11(9-12)14(17)15-13(16)8-10(2)19-15/h4-6,8-9,14H,3,7,17H2,1-2H3. The Labute approximate surface area is 126 Å². The highest BCUT2D eigenvalue weighted by atomic mass is 79.9. The van der Waals surface area contributed by atoms with E-state index in [1.807, 2.05) is 24.3 Å². The molecule has 2 nitrogen and oxygen atoms in total. The lowest BCUT2D eigenvalue weighted by Crippen LogP contribution is -2.11. The van der Waals surface area contributed by atoms with Crippen LogP contribution in [0.3, 0.4) is 0 Å². The molecule has 0 aliphatic heterocycles. The molecule has 2 rings (SSSR count). The largest absolute Gasteiger partial charge is 0.494 e. The lowest BCUT2D eigenvalue weighted by molar-refractivity contribution is 0.317. The summed E-state index contributed by atoms with van der Waals surface area (Å²) in [6.45, 7) is 4.92. The predicted molar refractivity (Wildman–Crippen MR) is 85.0 cm³/mol. The number of hydrogen-bond acceptors (Lipinski definition) is 3. The van der Waals surface area contributed by atoms with Gasteiger partial charge in [-0.1, -0.05) is 19.1 Å². The third-order valence-electron chi connectivity index (χ3n) is 2.81. The van der Waals surface area contributed by atoms with Crippen LogP contribution in [0.5, 0.6) is 5.75 Å². The number of halogens is 1. The van der Waals surface area contributed by atoms with Crippen molar-refractivity contribution in [1.29, 1.82) is 0 Å². The number of hydrogen-bond donors (Lipinski definition) is 1. The van der Waals surface area contributed by atoms with E-state index >= 15 is 0 Å². The van der Waals surface area contributed by atoms with Gasteiger partial charge in [0.1, 0.15) is 5.75 Å². The smallest absolute Gasteiger partial charge is 0.119 e. The minimum absolute atomic E-state index is 0.113. The van der Waals surface area contributed by atoms with Gasteiger partial charge in [-0.15, -0.1) is 11.3 Å². The number of rotatable bonds is 5. The van der Waals surface area contributed by atoms with Crippen molar-refractivity contribution in [1.82, 2.24) is 0 Å². The summed E-state index contributed by atoms with van der Waals surface area (Å²) < 4.78 is 6.74. The molecule has 1 unspecified atom stereocenters. The van der Waals surface area contributed by atoms with Crippen molar-refractivity contribution < 1.29 is 4.74 Å². The normalized spacial score (nSPS) is 12.4. The van der Waals surface area contributed by atoms with Crippen molar-refractivity contribution in [2.45, 2.75) is 26.3 Å². The molecule has 0 amide bonds. The van der Waals surface area contributed by atoms with Crippen molar-refractivity contribution in [2.24, 2.45) is 5.73 Å². The number of benzene rings is 1. The van der Waals surface area contributed by atoms with Crippen molar-refractivity contribution >= 4 is 27.3 Å². The molecule has 4 heteroatoms. The second kappa shape index (κ2) is 6.55. The first-order valence-electron chi connectivity index (χ1n) is 6.36. The molecule has 2 aromatic rings. The number of nitrogens with two attached hydrogens (primary N) is 1. The zero-order valence-electron chi connectivity index (χ0n) is 11.2. The fourth-order valence-corrected chi connectivity index (χ4v) is 3.81. The maximum absolute atomic E-state index is 6.35. The van der Waals surface area contributed by atoms with Gasteiger partial charge < -0.3 is 10.5 Å². The molecule has 0 fully saturated rings. The van der Waals surface area contributed by atoms with Crippen molar-refractivity contribution in [2.75, 3.05) is 6.61 Å². The number of aryl methyl sites for hydroxylation is 1. The zero-order valence-corrected chi connectivity index (χ0v) is 13.6. The molecule has 0 aliphatic carbocycles. The maximum atomic E-state index is 6.35. The predicted octanol–water partition coefficient (Wildman–Crippen LogP) is 4.66. The van der Waals surface area contributed by atoms with Crippen LogP contribution in [-0.2, 0) is 0 Å². The molecule has 0 radical (unpaired) electrons. The van der Waals surface area contributed by atoms with Crippen LogP contribution in [-0.4, -0.2) is 6.61 Å². The first-order valence-corrected chi connectivity index (χ1v) is 7.97. The van der Waals surface area contributed by atoms with E-state index in [4.69, 9.17) is 10.5 Å². The summed E-state index contributed by atoms with van der Waals surface area (Å²) in [5, 5.41) is 0. The fraction of sp³-hybridized carbons (Fsp3) is 0.333. The first kappa shape index (κ1) is 14.6. The van der Waals surface area contributed by atoms with Crippen LogP contribution in [0.2, 0.25) is 0 Å². The van der Waals surface area contributed by atoms with Crippen molar-refractivity contribution in [3.05, 3.63) is 50.1 Å². The van der Waals surface area contributed by atoms with E-state index in [2.05, 4.69) is 35.8 Å². The van der Waals surface area contributed by atoms with Gasteiger partial charge >= 0.3 is 0 Å². The molecular formula is C15H18BrNOS. The Balaban J connectivity index is 2.23. The lowest BCUT2D eigenvalue weighted by Gasteiger charge is -2.13. The average molecular weight is 340 g/mol. The Hall–Kier alpha value is -0.840. The summed E-state index contributed by atoms with van der Waals surface area (Å²) in [5.74, 6) is 0.888. The Morgan fingerprint density at radius 1 is 1.37 bits per heavy atom. The van der Waals surface area contributed by atoms with Gasteiger partial charge in [0.05, 0.1) is 12.6 Å². The summed E-state index contributed by atoms with van der Waals surface area (Å²) in [6, 6.07) is 10.0. The SMILES string of the molecule is CCCOc1cccc(C(N)c2sc(C)cc2Br)c1. The highest BCUT2D eigenvalue weighted by Crippen LogP contribution is 2.34. The number of ether oxygens (including phenoxy) is 1. The zero-order chi connectivity index (χ0) is 13.8. The molecule has 102 valence electrons. The molecule has 1 atom stereocenters. The Bertz CT molecular complexity index is 553. The highest BCUT2D eigenvalue weighted by molar-refractivity contribution is 9.10. The molecule has 0 saturated carbocycles. The van der Waals surface area contributed by atoms with E-state index in [1.165, 1.54) is 4.88 Å². The van der Waals surface area contributed by atoms with Gasteiger partial charge in [-0.05, 0) is 53.0 Å². The van der Waals surface area contributed by atoms with E-state index < -0.39 is 0 Å². The molecule has 1 heterocycles. The van der Waals surface area contributed by atoms with E-state index in [0.717, 1.165) is 33.7 Å². The third-order valence-corrected chi connectivity index (χ3v) is 4.86. The van der Waals surface area contributed by atoms with Crippen LogP contribution in [0, 0.1) is 6.92 Å². The maximum Gasteiger partial charge on any atom is 0.119 e. The minimum atomic E-state index is -0.113. The van der Waals surface area contributed by atoms with Crippen LogP contribution in [0.1, 0.15) is 34.7 Å². The average Bonchev–Trinajstić information content (AvgIpc) is 2.75. The third kappa shape index (κ3) is 3.59. The van der Waals surface area contributed by atoms with Crippen LogP contribution in [0.25, 0.3) is 0 Å². The molecular weight excluding hydrogens is 322 g/mol. The van der Waals surface area contributed by atoms with Crippen LogP contribution >= 0.6 is 27.3 Å². The molecule has 0 spiro atoms. The summed E-state index contributed by atoms with van der Waals surface area (Å²) in [4.78, 5) is 2.42. The van der Waals surface area contributed by atoms with Gasteiger partial charge in [-0.2, -0.15) is 0 Å². The molecule has 0 bridgehead atoms. The summed E-state index contributed by atoms with van der Waals surface area (Å²) in [6.07, 6.45) is 1.01. The quantitative estimate of drug-likeness (QED) is 0.859. The Morgan fingerprint density at radius 3 is 2.79 bits per heavy atom. The van der Waals surface area contributed by atoms with Crippen molar-refractivity contribution in [3.63, 3.8) is 0 Å². The van der Waals surface area contributed by atoms with Crippen LogP contribution < -0.4 is 10.5 Å². The van der Waals surface area contributed by atoms with Crippen LogP contribution in [0.15, 0.2) is 34.8 Å². The van der Waals surface area contributed by atoms with Crippen LogP contribution in [0.4, 0.5) is 0 Å². The Kier molecular flexibility index (Phi) is 5.02. The molecule has 1 aromatic carbocycles. The highest BCUT2D eigenvalue weighted by Gasteiger charge is 2.15. The van der Waals surface area contributed by atoms with Gasteiger partial charge in [0, 0.05) is 14.2 Å². The minimum Gasteiger partial charge on any atom is -0.494 e. The lowest BCUT2D eigenvalue weighted by atomic mass is 10.1. The van der Waals surface area contributed by atoms with Gasteiger partial charge in [-0.3, -0.25) is 0 Å². The molecule has 1 aromatic heterocycles. The first-order chi connectivity index (χ1) is 9.11. The molecule has 19 heavy (non-hydrogen) atoms. The summed E-state index contributed by atoms with van der Waals surface area (Å²) in [7, 11) is 0. The number of thiophene rings is 1. The monoisotopic (exact) mass is 339 g/mol. The van der Waals surface area contributed by atoms with E-state index in [-0.39, 0.29) is 6.04 Å². The molecule has 2 N–H and O–H groups in total. The second-order valence-corrected chi connectivity index (χ2v) is 6.61.